The van der Waals surface area contributed by atoms with Crippen molar-refractivity contribution in [1.82, 2.24) is 0 Å². The van der Waals surface area contributed by atoms with Crippen LogP contribution in [0.1, 0.15) is 5.48 Å². The molecule has 0 heterocycles. The Morgan fingerprint density at radius 1 is 0.263 bits per heavy atom. The number of anilines is 3. The molecule has 0 unspecified atom stereocenters. The van der Waals surface area contributed by atoms with Gasteiger partial charge in [-0.2, -0.15) is 0 Å². The lowest BCUT2D eigenvalue weighted by atomic mass is 9.92. The van der Waals surface area contributed by atoms with Crippen molar-refractivity contribution < 1.29 is 5.48 Å². The molecule has 0 fully saturated rings. The molecule has 0 aliphatic heterocycles. The lowest BCUT2D eigenvalue weighted by Gasteiger charge is -2.27. The second kappa shape index (κ2) is 13.7. The molecule has 0 radical (unpaired) electrons. The van der Waals surface area contributed by atoms with E-state index in [4.69, 9.17) is 0 Å². The van der Waals surface area contributed by atoms with E-state index in [0.29, 0.717) is 5.56 Å². The maximum Gasteiger partial charge on any atom is 0.0645 e. The van der Waals surface area contributed by atoms with Crippen LogP contribution in [0.3, 0.4) is 0 Å². The van der Waals surface area contributed by atoms with Crippen LogP contribution in [0.2, 0.25) is 0 Å². The number of fused-ring (bicyclic) bond motifs is 7. The van der Waals surface area contributed by atoms with Crippen LogP contribution in [0.5, 0.6) is 0 Å². The van der Waals surface area contributed by atoms with Gasteiger partial charge in [0.25, 0.3) is 0 Å². The van der Waals surface area contributed by atoms with E-state index in [-0.39, 0.29) is 35.4 Å². The normalized spacial score (nSPS) is 12.5. The van der Waals surface area contributed by atoms with E-state index < -0.39 is 0 Å². The largest absolute Gasteiger partial charge is 0.310 e. The third-order valence-corrected chi connectivity index (χ3v) is 11.2. The molecule has 0 atom stereocenters. The molecule has 0 N–H and O–H groups in total. The van der Waals surface area contributed by atoms with Gasteiger partial charge in [-0.05, 0) is 142 Å². The molecule has 0 spiro atoms. The standard InChI is InChI=1S/C56H37N/c1-2-13-38(14-3-1)40-25-26-42-34-48(32-29-41(42)33-40)57(46-30-27-39(28-31-46)55-36-44-15-4-6-19-49(44)51-21-8-10-23-53(51)55)47-18-12-17-43(35-47)56-37-45-16-5-7-20-50(45)52-22-9-11-24-54(52)56/h1-37H/i27D,28D,30D,31D. The van der Waals surface area contributed by atoms with Crippen LogP contribution in [0.15, 0.2) is 224 Å². The molecule has 11 aromatic carbocycles. The van der Waals surface area contributed by atoms with Gasteiger partial charge in [-0.25, -0.2) is 0 Å². The highest BCUT2D eigenvalue weighted by Gasteiger charge is 2.17. The summed E-state index contributed by atoms with van der Waals surface area (Å²) in [6.45, 7) is 0. The summed E-state index contributed by atoms with van der Waals surface area (Å²) in [4.78, 5) is 1.90. The smallest absolute Gasteiger partial charge is 0.0645 e. The Kier molecular flexibility index (Phi) is 6.93. The summed E-state index contributed by atoms with van der Waals surface area (Å²) in [5.74, 6) is 0. The quantitative estimate of drug-likeness (QED) is 0.154. The molecule has 0 aliphatic rings. The Hall–Kier alpha value is -7.48. The molecule has 0 bridgehead atoms. The highest BCUT2D eigenvalue weighted by molar-refractivity contribution is 6.15. The molecule has 0 saturated heterocycles. The van der Waals surface area contributed by atoms with E-state index in [1.54, 1.807) is 0 Å². The van der Waals surface area contributed by atoms with Gasteiger partial charge in [-0.1, -0.05) is 170 Å². The van der Waals surface area contributed by atoms with Crippen molar-refractivity contribution in [2.24, 2.45) is 0 Å². The Labute approximate surface area is 338 Å². The van der Waals surface area contributed by atoms with Gasteiger partial charge in [0.05, 0.1) is 5.48 Å². The first-order valence-corrected chi connectivity index (χ1v) is 19.3. The highest BCUT2D eigenvalue weighted by atomic mass is 15.1. The predicted octanol–water partition coefficient (Wildman–Crippen LogP) is 15.9. The van der Waals surface area contributed by atoms with E-state index in [1.165, 1.54) is 10.8 Å². The highest BCUT2D eigenvalue weighted by Crippen LogP contribution is 2.42. The van der Waals surface area contributed by atoms with Crippen LogP contribution < -0.4 is 4.90 Å². The Bertz CT molecular complexity index is 3510. The summed E-state index contributed by atoms with van der Waals surface area (Å²) in [5.41, 5.74) is 6.89. The van der Waals surface area contributed by atoms with Gasteiger partial charge < -0.3 is 4.90 Å². The maximum absolute atomic E-state index is 9.79. The summed E-state index contributed by atoms with van der Waals surface area (Å²) in [5, 5.41) is 10.6. The fourth-order valence-corrected chi connectivity index (χ4v) is 8.51. The average molecular weight is 728 g/mol. The SMILES string of the molecule is [2H]c1c([2H])c(N(c2cccc(-c3cc4ccccc4c4ccccc34)c2)c2ccc3cc(-c4ccccc4)ccc3c2)c([2H])c([2H])c1-c1cc2ccccc2c2ccccc12. The van der Waals surface area contributed by atoms with E-state index in [0.717, 1.165) is 76.7 Å². The van der Waals surface area contributed by atoms with Crippen molar-refractivity contribution in [3.63, 3.8) is 0 Å². The minimum absolute atomic E-state index is 0.0913. The monoisotopic (exact) mass is 727 g/mol. The minimum atomic E-state index is -0.116. The second-order valence-corrected chi connectivity index (χ2v) is 14.6. The first-order valence-electron chi connectivity index (χ1n) is 21.3. The van der Waals surface area contributed by atoms with Gasteiger partial charge in [0.2, 0.25) is 0 Å². The van der Waals surface area contributed by atoms with Crippen LogP contribution in [0, 0.1) is 0 Å². The third kappa shape index (κ3) is 5.80. The number of hydrogen-bond acceptors (Lipinski definition) is 1. The molecule has 0 aromatic heterocycles. The van der Waals surface area contributed by atoms with E-state index in [1.807, 2.05) is 83.8 Å². The van der Waals surface area contributed by atoms with Crippen LogP contribution in [-0.2, 0) is 0 Å². The molecule has 1 nitrogen and oxygen atoms in total. The van der Waals surface area contributed by atoms with Crippen LogP contribution in [0.25, 0.3) is 87.2 Å². The molecule has 57 heavy (non-hydrogen) atoms. The average Bonchev–Trinajstić information content (AvgIpc) is 3.32. The van der Waals surface area contributed by atoms with Crippen molar-refractivity contribution in [2.45, 2.75) is 0 Å². The fourth-order valence-electron chi connectivity index (χ4n) is 8.51. The third-order valence-electron chi connectivity index (χ3n) is 11.2. The molecule has 11 rings (SSSR count). The van der Waals surface area contributed by atoms with Gasteiger partial charge in [0, 0.05) is 17.1 Å². The van der Waals surface area contributed by atoms with E-state index in [2.05, 4.69) is 121 Å². The van der Waals surface area contributed by atoms with Gasteiger partial charge in [0.15, 0.2) is 0 Å². The van der Waals surface area contributed by atoms with Crippen molar-refractivity contribution in [1.29, 1.82) is 0 Å². The van der Waals surface area contributed by atoms with Crippen LogP contribution in [-0.4, -0.2) is 0 Å². The number of nitrogens with zero attached hydrogens (tertiary/aromatic N) is 1. The van der Waals surface area contributed by atoms with Gasteiger partial charge in [0.1, 0.15) is 0 Å². The summed E-state index contributed by atoms with van der Waals surface area (Å²) in [6.07, 6.45) is 0. The van der Waals surface area contributed by atoms with Crippen molar-refractivity contribution in [3.05, 3.63) is 224 Å². The van der Waals surface area contributed by atoms with Crippen LogP contribution in [0.4, 0.5) is 17.1 Å². The Morgan fingerprint density at radius 3 is 1.44 bits per heavy atom. The summed E-state index contributed by atoms with van der Waals surface area (Å²) < 4.78 is 38.9. The minimum Gasteiger partial charge on any atom is -0.310 e. The summed E-state index contributed by atoms with van der Waals surface area (Å²) in [7, 11) is 0. The Balaban J connectivity index is 1.14. The molecule has 0 aliphatic carbocycles. The molecule has 266 valence electrons. The molecular weight excluding hydrogens is 687 g/mol. The summed E-state index contributed by atoms with van der Waals surface area (Å²) in [6, 6.07) is 68.0. The van der Waals surface area contributed by atoms with Gasteiger partial charge in [-0.15, -0.1) is 0 Å². The first-order chi connectivity index (χ1) is 29.9. The molecular formula is C56H37N. The number of hydrogen-bond donors (Lipinski definition) is 0. The van der Waals surface area contributed by atoms with Gasteiger partial charge in [-0.3, -0.25) is 0 Å². The molecule has 0 saturated carbocycles. The zero-order valence-electron chi connectivity index (χ0n) is 35.0. The van der Waals surface area contributed by atoms with Crippen molar-refractivity contribution in [2.75, 3.05) is 4.90 Å². The molecule has 11 aromatic rings. The van der Waals surface area contributed by atoms with E-state index in [9.17, 15) is 5.48 Å². The predicted molar refractivity (Wildman–Crippen MR) is 245 cm³/mol. The van der Waals surface area contributed by atoms with E-state index >= 15 is 0 Å². The van der Waals surface area contributed by atoms with Crippen LogP contribution >= 0.6 is 0 Å². The first kappa shape index (κ1) is 28.9. The lowest BCUT2D eigenvalue weighted by Crippen LogP contribution is -2.10. The topological polar surface area (TPSA) is 3.24 Å². The zero-order chi connectivity index (χ0) is 41.2. The van der Waals surface area contributed by atoms with Crippen molar-refractivity contribution >= 4 is 70.9 Å². The molecule has 1 heteroatoms. The lowest BCUT2D eigenvalue weighted by molar-refractivity contribution is 1.29. The summed E-state index contributed by atoms with van der Waals surface area (Å²) >= 11 is 0. The van der Waals surface area contributed by atoms with Crippen molar-refractivity contribution in [3.8, 4) is 33.4 Å². The second-order valence-electron chi connectivity index (χ2n) is 14.6. The maximum atomic E-state index is 9.79. The van der Waals surface area contributed by atoms with Gasteiger partial charge >= 0.3 is 0 Å². The number of rotatable bonds is 6. The fraction of sp³-hybridized carbons (Fsp3) is 0. The molecule has 0 amide bonds. The Morgan fingerprint density at radius 2 is 0.772 bits per heavy atom. The number of benzene rings is 11. The zero-order valence-corrected chi connectivity index (χ0v) is 31.0.